The van der Waals surface area contributed by atoms with Crippen LogP contribution in [0.15, 0.2) is 18.5 Å². The third-order valence-electron chi connectivity index (χ3n) is 3.49. The van der Waals surface area contributed by atoms with E-state index in [1.165, 1.54) is 6.20 Å². The molecular weight excluding hydrogens is 231 g/mol. The van der Waals surface area contributed by atoms with E-state index in [9.17, 15) is 4.39 Å². The molecule has 1 aliphatic rings. The number of nitrogens with one attached hydrogen (secondary N) is 1. The van der Waals surface area contributed by atoms with Crippen LogP contribution in [-0.4, -0.2) is 24.7 Å². The van der Waals surface area contributed by atoms with E-state index >= 15 is 0 Å². The van der Waals surface area contributed by atoms with Crippen molar-refractivity contribution in [1.29, 1.82) is 0 Å². The SMILES string of the molecule is CCNC(CC1CCOCC1)c1cncc(F)c1. The molecule has 1 aromatic rings. The normalized spacial score (nSPS) is 18.8. The summed E-state index contributed by atoms with van der Waals surface area (Å²) in [5, 5.41) is 3.43. The topological polar surface area (TPSA) is 34.1 Å². The number of hydrogen-bond donors (Lipinski definition) is 1. The van der Waals surface area contributed by atoms with Crippen LogP contribution < -0.4 is 5.32 Å². The molecule has 1 unspecified atom stereocenters. The molecule has 2 heterocycles. The Morgan fingerprint density at radius 1 is 1.44 bits per heavy atom. The second-order valence-electron chi connectivity index (χ2n) is 4.84. The first-order valence-corrected chi connectivity index (χ1v) is 6.71. The number of rotatable bonds is 5. The third kappa shape index (κ3) is 3.75. The van der Waals surface area contributed by atoms with Crippen molar-refractivity contribution >= 4 is 0 Å². The van der Waals surface area contributed by atoms with Gasteiger partial charge in [-0.05, 0) is 43.4 Å². The lowest BCUT2D eigenvalue weighted by Gasteiger charge is -2.27. The molecule has 0 spiro atoms. The summed E-state index contributed by atoms with van der Waals surface area (Å²) in [5.41, 5.74) is 0.948. The van der Waals surface area contributed by atoms with Crippen LogP contribution in [0.5, 0.6) is 0 Å². The van der Waals surface area contributed by atoms with Gasteiger partial charge in [0.05, 0.1) is 6.20 Å². The number of ether oxygens (including phenoxy) is 1. The second-order valence-corrected chi connectivity index (χ2v) is 4.84. The van der Waals surface area contributed by atoms with E-state index in [0.717, 1.165) is 44.6 Å². The fourth-order valence-electron chi connectivity index (χ4n) is 2.52. The lowest BCUT2D eigenvalue weighted by Crippen LogP contribution is -2.26. The van der Waals surface area contributed by atoms with Gasteiger partial charge in [-0.25, -0.2) is 4.39 Å². The minimum absolute atomic E-state index is 0.196. The molecule has 1 N–H and O–H groups in total. The summed E-state index contributed by atoms with van der Waals surface area (Å²) in [6.45, 7) is 4.66. The van der Waals surface area contributed by atoms with Gasteiger partial charge >= 0.3 is 0 Å². The highest BCUT2D eigenvalue weighted by molar-refractivity contribution is 5.15. The van der Waals surface area contributed by atoms with E-state index in [4.69, 9.17) is 4.74 Å². The van der Waals surface area contributed by atoms with Gasteiger partial charge in [0, 0.05) is 25.5 Å². The third-order valence-corrected chi connectivity index (χ3v) is 3.49. The summed E-state index contributed by atoms with van der Waals surface area (Å²) < 4.78 is 18.6. The van der Waals surface area contributed by atoms with E-state index in [0.29, 0.717) is 5.92 Å². The molecule has 0 bridgehead atoms. The first-order valence-electron chi connectivity index (χ1n) is 6.71. The highest BCUT2D eigenvalue weighted by Crippen LogP contribution is 2.27. The van der Waals surface area contributed by atoms with Crippen LogP contribution >= 0.6 is 0 Å². The molecule has 1 atom stereocenters. The van der Waals surface area contributed by atoms with Crippen molar-refractivity contribution in [1.82, 2.24) is 10.3 Å². The van der Waals surface area contributed by atoms with Gasteiger partial charge in [0.2, 0.25) is 0 Å². The van der Waals surface area contributed by atoms with Crippen molar-refractivity contribution in [2.75, 3.05) is 19.8 Å². The van der Waals surface area contributed by atoms with Crippen molar-refractivity contribution in [2.24, 2.45) is 5.92 Å². The molecule has 1 aliphatic heterocycles. The van der Waals surface area contributed by atoms with Gasteiger partial charge in [0.25, 0.3) is 0 Å². The Hall–Kier alpha value is -1.00. The molecule has 18 heavy (non-hydrogen) atoms. The Labute approximate surface area is 108 Å². The number of nitrogens with zero attached hydrogens (tertiary/aromatic N) is 1. The van der Waals surface area contributed by atoms with Gasteiger partial charge in [-0.2, -0.15) is 0 Å². The fraction of sp³-hybridized carbons (Fsp3) is 0.643. The molecule has 0 aromatic carbocycles. The maximum Gasteiger partial charge on any atom is 0.141 e. The van der Waals surface area contributed by atoms with Crippen LogP contribution in [0.25, 0.3) is 0 Å². The minimum atomic E-state index is -0.262. The number of halogens is 1. The van der Waals surface area contributed by atoms with E-state index in [-0.39, 0.29) is 11.9 Å². The summed E-state index contributed by atoms with van der Waals surface area (Å²) in [7, 11) is 0. The lowest BCUT2D eigenvalue weighted by molar-refractivity contribution is 0.0605. The first kappa shape index (κ1) is 13.4. The molecule has 0 saturated carbocycles. The fourth-order valence-corrected chi connectivity index (χ4v) is 2.52. The van der Waals surface area contributed by atoms with E-state index < -0.39 is 0 Å². The average Bonchev–Trinajstić information content (AvgIpc) is 2.39. The Bertz CT molecular complexity index is 367. The van der Waals surface area contributed by atoms with Crippen molar-refractivity contribution < 1.29 is 9.13 Å². The molecule has 0 radical (unpaired) electrons. The minimum Gasteiger partial charge on any atom is -0.381 e. The Morgan fingerprint density at radius 3 is 2.89 bits per heavy atom. The molecule has 4 heteroatoms. The highest BCUT2D eigenvalue weighted by Gasteiger charge is 2.20. The monoisotopic (exact) mass is 252 g/mol. The summed E-state index contributed by atoms with van der Waals surface area (Å²) in [6, 6.07) is 1.78. The Kier molecular flexibility index (Phi) is 5.08. The van der Waals surface area contributed by atoms with Crippen LogP contribution in [0.2, 0.25) is 0 Å². The zero-order valence-electron chi connectivity index (χ0n) is 10.9. The maximum atomic E-state index is 13.2. The van der Waals surface area contributed by atoms with Crippen LogP contribution in [0.3, 0.4) is 0 Å². The second kappa shape index (κ2) is 6.81. The molecule has 0 amide bonds. The van der Waals surface area contributed by atoms with Crippen molar-refractivity contribution in [3.05, 3.63) is 29.8 Å². The largest absolute Gasteiger partial charge is 0.381 e. The van der Waals surface area contributed by atoms with E-state index in [2.05, 4.69) is 17.2 Å². The lowest BCUT2D eigenvalue weighted by atomic mass is 9.90. The molecule has 2 rings (SSSR count). The highest BCUT2D eigenvalue weighted by atomic mass is 19.1. The zero-order valence-corrected chi connectivity index (χ0v) is 10.9. The van der Waals surface area contributed by atoms with Crippen molar-refractivity contribution in [3.63, 3.8) is 0 Å². The quantitative estimate of drug-likeness (QED) is 0.875. The van der Waals surface area contributed by atoms with Gasteiger partial charge in [0.1, 0.15) is 5.82 Å². The Balaban J connectivity index is 2.02. The van der Waals surface area contributed by atoms with Crippen LogP contribution in [-0.2, 0) is 4.74 Å². The van der Waals surface area contributed by atoms with Crippen LogP contribution in [0, 0.1) is 11.7 Å². The molecular formula is C14H21FN2O. The van der Waals surface area contributed by atoms with E-state index in [1.54, 1.807) is 12.3 Å². The summed E-state index contributed by atoms with van der Waals surface area (Å²) >= 11 is 0. The van der Waals surface area contributed by atoms with E-state index in [1.807, 2.05) is 0 Å². The smallest absolute Gasteiger partial charge is 0.141 e. The standard InChI is InChI=1S/C14H21FN2O/c1-2-17-14(7-11-3-5-18-6-4-11)12-8-13(15)10-16-9-12/h8-11,14,17H,2-7H2,1H3. The van der Waals surface area contributed by atoms with Crippen molar-refractivity contribution in [3.8, 4) is 0 Å². The number of aromatic nitrogens is 1. The zero-order chi connectivity index (χ0) is 12.8. The summed E-state index contributed by atoms with van der Waals surface area (Å²) in [5.74, 6) is 0.397. The van der Waals surface area contributed by atoms with Crippen LogP contribution in [0.1, 0.15) is 37.8 Å². The summed E-state index contributed by atoms with van der Waals surface area (Å²) in [4.78, 5) is 3.94. The predicted octanol–water partition coefficient (Wildman–Crippen LogP) is 2.69. The van der Waals surface area contributed by atoms with Gasteiger partial charge in [-0.3, -0.25) is 4.98 Å². The number of pyridine rings is 1. The number of hydrogen-bond acceptors (Lipinski definition) is 3. The first-order chi connectivity index (χ1) is 8.79. The van der Waals surface area contributed by atoms with Gasteiger partial charge in [-0.1, -0.05) is 6.92 Å². The molecule has 1 saturated heterocycles. The van der Waals surface area contributed by atoms with Gasteiger partial charge < -0.3 is 10.1 Å². The van der Waals surface area contributed by atoms with Gasteiger partial charge in [0.15, 0.2) is 0 Å². The van der Waals surface area contributed by atoms with Crippen molar-refractivity contribution in [2.45, 2.75) is 32.2 Å². The molecule has 3 nitrogen and oxygen atoms in total. The Morgan fingerprint density at radius 2 is 2.22 bits per heavy atom. The molecule has 0 aliphatic carbocycles. The van der Waals surface area contributed by atoms with Crippen LogP contribution in [0.4, 0.5) is 4.39 Å². The summed E-state index contributed by atoms with van der Waals surface area (Å²) in [6.07, 6.45) is 6.24. The molecule has 1 fully saturated rings. The van der Waals surface area contributed by atoms with Gasteiger partial charge in [-0.15, -0.1) is 0 Å². The maximum absolute atomic E-state index is 13.2. The molecule has 1 aromatic heterocycles. The average molecular weight is 252 g/mol. The predicted molar refractivity (Wildman–Crippen MR) is 68.8 cm³/mol. The molecule has 100 valence electrons.